The molecular formula is C15H18N2O3S2. The van der Waals surface area contributed by atoms with Crippen LogP contribution in [0.2, 0.25) is 0 Å². The Bertz CT molecular complexity index is 771. The predicted molar refractivity (Wildman–Crippen MR) is 90.3 cm³/mol. The lowest BCUT2D eigenvalue weighted by molar-refractivity contribution is -0.115. The average Bonchev–Trinajstić information content (AvgIpc) is 2.84. The Morgan fingerprint density at radius 2 is 2.05 bits per heavy atom. The number of anilines is 1. The topological polar surface area (TPSA) is 66.8 Å². The van der Waals surface area contributed by atoms with Crippen LogP contribution in [0.3, 0.4) is 0 Å². The molecule has 0 saturated carbocycles. The summed E-state index contributed by atoms with van der Waals surface area (Å²) in [5.41, 5.74) is 3.16. The zero-order valence-electron chi connectivity index (χ0n) is 12.7. The summed E-state index contributed by atoms with van der Waals surface area (Å²) in [7, 11) is -3.02. The maximum absolute atomic E-state index is 12.0. The smallest absolute Gasteiger partial charge is 0.244 e. The van der Waals surface area contributed by atoms with Gasteiger partial charge in [0.25, 0.3) is 0 Å². The van der Waals surface area contributed by atoms with E-state index >= 15 is 0 Å². The maximum Gasteiger partial charge on any atom is 0.244 e. The summed E-state index contributed by atoms with van der Waals surface area (Å²) in [6.45, 7) is 5.45. The fourth-order valence-corrected chi connectivity index (χ4v) is 6.93. The fraction of sp³-hybridized carbons (Fsp3) is 0.467. The number of fused-ring (bicyclic) bond motifs is 1. The van der Waals surface area contributed by atoms with Crippen molar-refractivity contribution in [2.75, 3.05) is 16.4 Å². The largest absolute Gasteiger partial charge is 0.315 e. The summed E-state index contributed by atoms with van der Waals surface area (Å²) < 4.78 is 23.9. The van der Waals surface area contributed by atoms with Gasteiger partial charge in [-0.1, -0.05) is 23.9 Å². The number of amides is 1. The van der Waals surface area contributed by atoms with Crippen molar-refractivity contribution < 1.29 is 13.2 Å². The lowest BCUT2D eigenvalue weighted by Gasteiger charge is -2.26. The summed E-state index contributed by atoms with van der Waals surface area (Å²) in [4.78, 5) is 17.5. The number of aliphatic imine (C=N–C) groups is 1. The van der Waals surface area contributed by atoms with Crippen molar-refractivity contribution in [2.24, 2.45) is 4.99 Å². The Morgan fingerprint density at radius 3 is 2.73 bits per heavy atom. The summed E-state index contributed by atoms with van der Waals surface area (Å²) in [5.74, 6) is 0.0101. The number of benzene rings is 1. The van der Waals surface area contributed by atoms with Gasteiger partial charge in [-0.25, -0.2) is 8.42 Å². The van der Waals surface area contributed by atoms with Gasteiger partial charge >= 0.3 is 0 Å². The third-order valence-corrected chi connectivity index (χ3v) is 7.36. The van der Waals surface area contributed by atoms with Crippen LogP contribution in [0.25, 0.3) is 0 Å². The molecule has 2 saturated heterocycles. The Labute approximate surface area is 134 Å². The molecule has 0 aromatic heterocycles. The Kier molecular flexibility index (Phi) is 3.81. The highest BCUT2D eigenvalue weighted by Crippen LogP contribution is 2.42. The molecular weight excluding hydrogens is 320 g/mol. The van der Waals surface area contributed by atoms with Crippen molar-refractivity contribution >= 4 is 38.4 Å². The Morgan fingerprint density at radius 1 is 1.32 bits per heavy atom. The van der Waals surface area contributed by atoms with Crippen LogP contribution >= 0.6 is 11.8 Å². The first kappa shape index (κ1) is 15.6. The average molecular weight is 338 g/mol. The van der Waals surface area contributed by atoms with Crippen LogP contribution in [-0.2, 0) is 14.6 Å². The van der Waals surface area contributed by atoms with E-state index in [0.717, 1.165) is 16.8 Å². The zero-order valence-corrected chi connectivity index (χ0v) is 14.4. The molecule has 7 heteroatoms. The van der Waals surface area contributed by atoms with Gasteiger partial charge in [-0.05, 0) is 31.0 Å². The minimum Gasteiger partial charge on any atom is -0.315 e. The molecule has 3 rings (SSSR count). The van der Waals surface area contributed by atoms with E-state index in [-0.39, 0.29) is 28.7 Å². The minimum absolute atomic E-state index is 0.0528. The second-order valence-corrected chi connectivity index (χ2v) is 9.16. The molecule has 0 bridgehead atoms. The highest BCUT2D eigenvalue weighted by molar-refractivity contribution is 8.16. The van der Waals surface area contributed by atoms with Gasteiger partial charge < -0.3 is 4.90 Å². The minimum atomic E-state index is -3.02. The van der Waals surface area contributed by atoms with Crippen molar-refractivity contribution in [3.63, 3.8) is 0 Å². The van der Waals surface area contributed by atoms with Gasteiger partial charge in [0.05, 0.1) is 17.5 Å². The molecule has 0 unspecified atom stereocenters. The number of carbonyl (C=O) groups excluding carboxylic acids is 1. The van der Waals surface area contributed by atoms with Crippen molar-refractivity contribution in [3.05, 3.63) is 29.3 Å². The van der Waals surface area contributed by atoms with E-state index in [2.05, 4.69) is 4.99 Å². The van der Waals surface area contributed by atoms with Gasteiger partial charge in [0.1, 0.15) is 0 Å². The number of hydrogen-bond donors (Lipinski definition) is 0. The molecule has 0 N–H and O–H groups in total. The first-order valence-electron chi connectivity index (χ1n) is 7.10. The molecule has 0 radical (unpaired) electrons. The molecule has 118 valence electrons. The third-order valence-electron chi connectivity index (χ3n) is 4.16. The van der Waals surface area contributed by atoms with Gasteiger partial charge in [-0.15, -0.1) is 0 Å². The Hall–Kier alpha value is -1.34. The first-order valence-corrected chi connectivity index (χ1v) is 9.80. The van der Waals surface area contributed by atoms with E-state index in [9.17, 15) is 13.2 Å². The zero-order chi connectivity index (χ0) is 16.1. The van der Waals surface area contributed by atoms with E-state index in [1.165, 1.54) is 18.7 Å². The van der Waals surface area contributed by atoms with Crippen molar-refractivity contribution in [3.8, 4) is 0 Å². The number of amidine groups is 1. The van der Waals surface area contributed by atoms with Gasteiger partial charge in [0.15, 0.2) is 15.0 Å². The number of aryl methyl sites for hydroxylation is 1. The van der Waals surface area contributed by atoms with E-state index in [1.54, 1.807) is 0 Å². The van der Waals surface area contributed by atoms with E-state index in [0.29, 0.717) is 5.17 Å². The van der Waals surface area contributed by atoms with Gasteiger partial charge in [-0.2, -0.15) is 4.99 Å². The van der Waals surface area contributed by atoms with Crippen LogP contribution in [-0.4, -0.2) is 42.3 Å². The van der Waals surface area contributed by atoms with Gasteiger partial charge in [0.2, 0.25) is 5.91 Å². The van der Waals surface area contributed by atoms with Crippen LogP contribution in [0, 0.1) is 13.8 Å². The van der Waals surface area contributed by atoms with Gasteiger partial charge in [-0.3, -0.25) is 4.79 Å². The number of sulfone groups is 1. The number of nitrogens with zero attached hydrogens (tertiary/aromatic N) is 2. The SMILES string of the molecule is CC(=O)N=C1S[C@@H]2CS(=O)(=O)C[C@H]2N1c1cccc(C)c1C. The molecule has 5 nitrogen and oxygen atoms in total. The molecule has 1 aromatic carbocycles. The van der Waals surface area contributed by atoms with Crippen molar-refractivity contribution in [2.45, 2.75) is 32.1 Å². The van der Waals surface area contributed by atoms with Crippen LogP contribution in [0.4, 0.5) is 5.69 Å². The lowest BCUT2D eigenvalue weighted by Crippen LogP contribution is -2.38. The molecule has 1 aromatic rings. The van der Waals surface area contributed by atoms with Crippen molar-refractivity contribution in [1.29, 1.82) is 0 Å². The molecule has 0 aliphatic carbocycles. The van der Waals surface area contributed by atoms with Crippen LogP contribution < -0.4 is 4.90 Å². The van der Waals surface area contributed by atoms with Crippen molar-refractivity contribution in [1.82, 2.24) is 0 Å². The molecule has 1 amide bonds. The lowest BCUT2D eigenvalue weighted by atomic mass is 10.1. The predicted octanol–water partition coefficient (Wildman–Crippen LogP) is 1.92. The number of carbonyl (C=O) groups is 1. The van der Waals surface area contributed by atoms with Crippen LogP contribution in [0.5, 0.6) is 0 Å². The van der Waals surface area contributed by atoms with Crippen LogP contribution in [0.1, 0.15) is 18.1 Å². The van der Waals surface area contributed by atoms with E-state index < -0.39 is 9.84 Å². The molecule has 2 atom stereocenters. The van der Waals surface area contributed by atoms with E-state index in [1.807, 2.05) is 36.9 Å². The summed E-state index contributed by atoms with van der Waals surface area (Å²) in [5, 5.41) is 0.564. The highest BCUT2D eigenvalue weighted by Gasteiger charge is 2.49. The number of thioether (sulfide) groups is 1. The Balaban J connectivity index is 2.10. The molecule has 2 heterocycles. The molecule has 2 aliphatic heterocycles. The molecule has 2 aliphatic rings. The standard InChI is InChI=1S/C15H18N2O3S2/c1-9-5-4-6-12(10(9)2)17-13-7-22(19,20)8-14(13)21-15(17)16-11(3)18/h4-6,13-14H,7-8H2,1-3H3/t13-,14-/m1/s1. The first-order chi connectivity index (χ1) is 10.3. The number of hydrogen-bond acceptors (Lipinski definition) is 4. The van der Waals surface area contributed by atoms with Gasteiger partial charge in [0, 0.05) is 17.9 Å². The second-order valence-electron chi connectivity index (χ2n) is 5.80. The molecule has 2 fully saturated rings. The molecule has 22 heavy (non-hydrogen) atoms. The fourth-order valence-electron chi connectivity index (χ4n) is 2.98. The monoisotopic (exact) mass is 338 g/mol. The van der Waals surface area contributed by atoms with Crippen LogP contribution in [0.15, 0.2) is 23.2 Å². The second kappa shape index (κ2) is 5.38. The maximum atomic E-state index is 12.0. The quantitative estimate of drug-likeness (QED) is 0.783. The molecule has 0 spiro atoms. The number of rotatable bonds is 1. The summed E-state index contributed by atoms with van der Waals surface area (Å²) in [6.07, 6.45) is 0. The summed E-state index contributed by atoms with van der Waals surface area (Å²) >= 11 is 1.41. The normalized spacial score (nSPS) is 28.1. The van der Waals surface area contributed by atoms with E-state index in [4.69, 9.17) is 0 Å². The highest BCUT2D eigenvalue weighted by atomic mass is 32.2. The third kappa shape index (κ3) is 2.67. The summed E-state index contributed by atoms with van der Waals surface area (Å²) in [6, 6.07) is 5.79.